The molecule has 1 atom stereocenters. The molecule has 1 aliphatic carbocycles. The Labute approximate surface area is 185 Å². The molecule has 7 nitrogen and oxygen atoms in total. The number of ether oxygens (including phenoxy) is 1. The van der Waals surface area contributed by atoms with Crippen LogP contribution in [0.4, 0.5) is 5.69 Å². The Morgan fingerprint density at radius 2 is 1.81 bits per heavy atom. The van der Waals surface area contributed by atoms with E-state index in [4.69, 9.17) is 9.88 Å². The Balaban J connectivity index is 1.35. The number of rotatable bonds is 4. The quantitative estimate of drug-likeness (QED) is 0.615. The summed E-state index contributed by atoms with van der Waals surface area (Å²) in [5, 5.41) is 7.18. The van der Waals surface area contributed by atoms with Crippen molar-refractivity contribution in [2.45, 2.75) is 37.1 Å². The summed E-state index contributed by atoms with van der Waals surface area (Å²) in [6.07, 6.45) is 2.42. The molecule has 164 valence electrons. The standard InChI is InChI=1S/C24H22N2O5S/c1-14-11-17-12-18(32(25,29)30)8-10-21(17)26(14)22(27)13-31-24(28)20-9-7-16-6-5-15-3-2-4-19(20)23(15)16/h2-4,7-10,12,14H,5-6,11,13H2,1H3,(H2,25,29,30). The predicted octanol–water partition coefficient (Wildman–Crippen LogP) is 2.72. The highest BCUT2D eigenvalue weighted by molar-refractivity contribution is 7.89. The number of fused-ring (bicyclic) bond motifs is 1. The van der Waals surface area contributed by atoms with Crippen LogP contribution in [-0.2, 0) is 38.8 Å². The van der Waals surface area contributed by atoms with E-state index in [9.17, 15) is 18.0 Å². The number of hydrogen-bond donors (Lipinski definition) is 1. The van der Waals surface area contributed by atoms with Crippen LogP contribution in [0.25, 0.3) is 10.8 Å². The minimum absolute atomic E-state index is 0.0104. The molecule has 1 aliphatic heterocycles. The average Bonchev–Trinajstić information content (AvgIpc) is 3.32. The largest absolute Gasteiger partial charge is 0.452 e. The number of hydrogen-bond acceptors (Lipinski definition) is 5. The molecule has 0 radical (unpaired) electrons. The number of anilines is 1. The van der Waals surface area contributed by atoms with Gasteiger partial charge in [0.25, 0.3) is 5.91 Å². The van der Waals surface area contributed by atoms with Gasteiger partial charge in [0.2, 0.25) is 10.0 Å². The fraction of sp³-hybridized carbons (Fsp3) is 0.250. The van der Waals surface area contributed by atoms with E-state index in [1.165, 1.54) is 23.3 Å². The van der Waals surface area contributed by atoms with Crippen LogP contribution in [-0.4, -0.2) is 32.9 Å². The summed E-state index contributed by atoms with van der Waals surface area (Å²) in [6.45, 7) is 1.46. The SMILES string of the molecule is CC1Cc2cc(S(N)(=O)=O)ccc2N1C(=O)COC(=O)c1ccc2c3c(cccc13)CC2. The van der Waals surface area contributed by atoms with Crippen molar-refractivity contribution in [3.63, 3.8) is 0 Å². The van der Waals surface area contributed by atoms with E-state index in [1.807, 2.05) is 25.1 Å². The molecule has 3 aromatic rings. The van der Waals surface area contributed by atoms with Gasteiger partial charge in [0.15, 0.2) is 6.61 Å². The monoisotopic (exact) mass is 450 g/mol. The molecule has 0 saturated heterocycles. The van der Waals surface area contributed by atoms with Crippen LogP contribution in [0.2, 0.25) is 0 Å². The first-order chi connectivity index (χ1) is 15.2. The second-order valence-electron chi connectivity index (χ2n) is 8.34. The molecule has 2 N–H and O–H groups in total. The Hall–Kier alpha value is -3.23. The summed E-state index contributed by atoms with van der Waals surface area (Å²) in [5.41, 5.74) is 4.23. The second kappa shape index (κ2) is 7.43. The van der Waals surface area contributed by atoms with Crippen LogP contribution in [0.3, 0.4) is 0 Å². The molecule has 1 unspecified atom stereocenters. The molecular formula is C24H22N2O5S. The van der Waals surface area contributed by atoms with Gasteiger partial charge < -0.3 is 9.64 Å². The van der Waals surface area contributed by atoms with Crippen LogP contribution >= 0.6 is 0 Å². The maximum Gasteiger partial charge on any atom is 0.339 e. The molecule has 3 aromatic carbocycles. The molecule has 32 heavy (non-hydrogen) atoms. The molecule has 0 aromatic heterocycles. The Kier molecular flexibility index (Phi) is 4.79. The maximum atomic E-state index is 12.9. The van der Waals surface area contributed by atoms with Crippen LogP contribution in [0, 0.1) is 0 Å². The topological polar surface area (TPSA) is 107 Å². The fourth-order valence-electron chi connectivity index (χ4n) is 4.86. The number of esters is 1. The number of carbonyl (C=O) groups is 2. The molecule has 0 bridgehead atoms. The van der Waals surface area contributed by atoms with Gasteiger partial charge in [-0.1, -0.05) is 24.3 Å². The van der Waals surface area contributed by atoms with Crippen LogP contribution in [0.15, 0.2) is 53.4 Å². The van der Waals surface area contributed by atoms with Gasteiger partial charge in [-0.3, -0.25) is 4.79 Å². The molecule has 1 amide bonds. The lowest BCUT2D eigenvalue weighted by molar-refractivity contribution is -0.122. The number of carbonyl (C=O) groups excluding carboxylic acids is 2. The Bertz CT molecular complexity index is 1390. The zero-order valence-electron chi connectivity index (χ0n) is 17.5. The van der Waals surface area contributed by atoms with Crippen molar-refractivity contribution < 1.29 is 22.7 Å². The first-order valence-corrected chi connectivity index (χ1v) is 12.0. The number of primary sulfonamides is 1. The van der Waals surface area contributed by atoms with E-state index in [0.717, 1.165) is 29.2 Å². The molecule has 5 rings (SSSR count). The molecule has 1 heterocycles. The molecule has 0 saturated carbocycles. The van der Waals surface area contributed by atoms with Gasteiger partial charge in [0, 0.05) is 11.7 Å². The van der Waals surface area contributed by atoms with E-state index in [2.05, 4.69) is 6.07 Å². The van der Waals surface area contributed by atoms with E-state index in [1.54, 1.807) is 17.0 Å². The number of aryl methyl sites for hydroxylation is 2. The van der Waals surface area contributed by atoms with Crippen molar-refractivity contribution in [1.29, 1.82) is 0 Å². The Morgan fingerprint density at radius 1 is 1.06 bits per heavy atom. The highest BCUT2D eigenvalue weighted by atomic mass is 32.2. The van der Waals surface area contributed by atoms with Crippen LogP contribution in [0.5, 0.6) is 0 Å². The van der Waals surface area contributed by atoms with Gasteiger partial charge in [0.1, 0.15) is 0 Å². The first-order valence-electron chi connectivity index (χ1n) is 10.4. The van der Waals surface area contributed by atoms with E-state index >= 15 is 0 Å². The second-order valence-corrected chi connectivity index (χ2v) is 9.90. The van der Waals surface area contributed by atoms with Gasteiger partial charge in [-0.15, -0.1) is 0 Å². The lowest BCUT2D eigenvalue weighted by Crippen LogP contribution is -2.38. The molecule has 0 spiro atoms. The van der Waals surface area contributed by atoms with Gasteiger partial charge in [-0.05, 0) is 77.9 Å². The van der Waals surface area contributed by atoms with Gasteiger partial charge in [-0.25, -0.2) is 18.4 Å². The minimum Gasteiger partial charge on any atom is -0.452 e. The normalized spacial score (nSPS) is 16.9. The third kappa shape index (κ3) is 3.36. The van der Waals surface area contributed by atoms with E-state index in [-0.39, 0.29) is 16.8 Å². The average molecular weight is 451 g/mol. The number of nitrogens with two attached hydrogens (primary N) is 1. The van der Waals surface area contributed by atoms with Crippen molar-refractivity contribution in [1.82, 2.24) is 0 Å². The van der Waals surface area contributed by atoms with Gasteiger partial charge in [-0.2, -0.15) is 0 Å². The third-order valence-corrected chi connectivity index (χ3v) is 7.20. The zero-order valence-corrected chi connectivity index (χ0v) is 18.3. The summed E-state index contributed by atoms with van der Waals surface area (Å²) in [5.74, 6) is -0.899. The van der Waals surface area contributed by atoms with Crippen LogP contribution < -0.4 is 10.0 Å². The summed E-state index contributed by atoms with van der Waals surface area (Å²) in [4.78, 5) is 27.3. The predicted molar refractivity (Wildman–Crippen MR) is 120 cm³/mol. The first kappa shape index (κ1) is 20.7. The summed E-state index contributed by atoms with van der Waals surface area (Å²) >= 11 is 0. The summed E-state index contributed by atoms with van der Waals surface area (Å²) in [7, 11) is -3.82. The number of benzene rings is 3. The number of nitrogens with zero attached hydrogens (tertiary/aromatic N) is 1. The maximum absolute atomic E-state index is 12.9. The molecule has 0 fully saturated rings. The summed E-state index contributed by atoms with van der Waals surface area (Å²) < 4.78 is 28.6. The minimum atomic E-state index is -3.82. The number of amides is 1. The van der Waals surface area contributed by atoms with Crippen molar-refractivity contribution in [2.75, 3.05) is 11.5 Å². The Morgan fingerprint density at radius 3 is 2.56 bits per heavy atom. The number of sulfonamides is 1. The third-order valence-electron chi connectivity index (χ3n) is 6.29. The highest BCUT2D eigenvalue weighted by Gasteiger charge is 2.32. The molecule has 8 heteroatoms. The van der Waals surface area contributed by atoms with Gasteiger partial charge >= 0.3 is 5.97 Å². The smallest absolute Gasteiger partial charge is 0.339 e. The van der Waals surface area contributed by atoms with Crippen molar-refractivity contribution >= 4 is 38.4 Å². The molecule has 2 aliphatic rings. The van der Waals surface area contributed by atoms with Crippen molar-refractivity contribution in [2.24, 2.45) is 5.14 Å². The van der Waals surface area contributed by atoms with Crippen molar-refractivity contribution in [3.8, 4) is 0 Å². The van der Waals surface area contributed by atoms with E-state index < -0.39 is 22.6 Å². The summed E-state index contributed by atoms with van der Waals surface area (Å²) in [6, 6.07) is 13.9. The van der Waals surface area contributed by atoms with Crippen LogP contribution in [0.1, 0.15) is 34.0 Å². The van der Waals surface area contributed by atoms with Crippen molar-refractivity contribution in [3.05, 3.63) is 70.8 Å². The highest BCUT2D eigenvalue weighted by Crippen LogP contribution is 2.35. The van der Waals surface area contributed by atoms with Gasteiger partial charge in [0.05, 0.1) is 10.5 Å². The molecular weight excluding hydrogens is 428 g/mol. The lowest BCUT2D eigenvalue weighted by Gasteiger charge is -2.22. The lowest BCUT2D eigenvalue weighted by atomic mass is 10.00. The fourth-order valence-corrected chi connectivity index (χ4v) is 5.43. The zero-order chi connectivity index (χ0) is 22.6. The van der Waals surface area contributed by atoms with E-state index in [0.29, 0.717) is 17.7 Å².